The zero-order valence-corrected chi connectivity index (χ0v) is 14.2. The van der Waals surface area contributed by atoms with Crippen molar-refractivity contribution in [1.29, 1.82) is 0 Å². The highest BCUT2D eigenvalue weighted by Gasteiger charge is 2.42. The number of hydrogen-bond acceptors (Lipinski definition) is 1. The van der Waals surface area contributed by atoms with Gasteiger partial charge in [-0.05, 0) is 70.6 Å². The number of allylic oxidation sites excluding steroid dienone is 4. The normalized spacial score (nSPS) is 34.0. The van der Waals surface area contributed by atoms with Gasteiger partial charge in [-0.2, -0.15) is 0 Å². The van der Waals surface area contributed by atoms with Gasteiger partial charge in [-0.1, -0.05) is 42.4 Å². The van der Waals surface area contributed by atoms with Crippen molar-refractivity contribution >= 4 is 0 Å². The van der Waals surface area contributed by atoms with Crippen molar-refractivity contribution in [1.82, 2.24) is 0 Å². The summed E-state index contributed by atoms with van der Waals surface area (Å²) in [5, 5.41) is 11.0. The Labute approximate surface area is 130 Å². The quantitative estimate of drug-likeness (QED) is 0.698. The maximum atomic E-state index is 11.0. The van der Waals surface area contributed by atoms with Gasteiger partial charge in [0.05, 0.1) is 6.10 Å². The molecule has 2 aliphatic rings. The first-order valence-electron chi connectivity index (χ1n) is 8.57. The molecule has 0 spiro atoms. The Morgan fingerprint density at radius 2 is 2.19 bits per heavy atom. The van der Waals surface area contributed by atoms with E-state index in [4.69, 9.17) is 0 Å². The van der Waals surface area contributed by atoms with Crippen LogP contribution in [0.4, 0.5) is 0 Å². The van der Waals surface area contributed by atoms with Crippen LogP contribution in [0.3, 0.4) is 0 Å². The van der Waals surface area contributed by atoms with Crippen LogP contribution in [0.25, 0.3) is 0 Å². The number of aliphatic hydroxyl groups excluding tert-OH is 1. The predicted octanol–water partition coefficient (Wildman–Crippen LogP) is 5.28. The summed E-state index contributed by atoms with van der Waals surface area (Å²) in [4.78, 5) is 0. The van der Waals surface area contributed by atoms with Gasteiger partial charge in [0.1, 0.15) is 0 Å². The summed E-state index contributed by atoms with van der Waals surface area (Å²) in [5.41, 5.74) is 4.15. The highest BCUT2D eigenvalue weighted by Crippen LogP contribution is 2.47. The third kappa shape index (κ3) is 3.69. The molecule has 118 valence electrons. The van der Waals surface area contributed by atoms with Gasteiger partial charge in [0.2, 0.25) is 0 Å². The minimum absolute atomic E-state index is 0.185. The Balaban J connectivity index is 2.07. The molecular formula is C20H32O. The molecule has 0 amide bonds. The Hall–Kier alpha value is -0.820. The van der Waals surface area contributed by atoms with Crippen molar-refractivity contribution in [3.05, 3.63) is 35.5 Å². The van der Waals surface area contributed by atoms with Crippen molar-refractivity contribution in [2.24, 2.45) is 23.7 Å². The van der Waals surface area contributed by atoms with Crippen molar-refractivity contribution in [3.8, 4) is 0 Å². The van der Waals surface area contributed by atoms with Crippen LogP contribution in [0.1, 0.15) is 59.8 Å². The topological polar surface area (TPSA) is 20.2 Å². The van der Waals surface area contributed by atoms with Gasteiger partial charge in [-0.3, -0.25) is 0 Å². The summed E-state index contributed by atoms with van der Waals surface area (Å²) < 4.78 is 0. The fourth-order valence-corrected chi connectivity index (χ4v) is 4.29. The van der Waals surface area contributed by atoms with Crippen molar-refractivity contribution in [2.75, 3.05) is 0 Å². The first-order chi connectivity index (χ1) is 9.91. The van der Waals surface area contributed by atoms with Crippen molar-refractivity contribution in [3.63, 3.8) is 0 Å². The van der Waals surface area contributed by atoms with Crippen molar-refractivity contribution in [2.45, 2.75) is 65.9 Å². The van der Waals surface area contributed by atoms with Crippen molar-refractivity contribution < 1.29 is 5.11 Å². The van der Waals surface area contributed by atoms with Gasteiger partial charge in [-0.15, -0.1) is 0 Å². The molecule has 4 unspecified atom stereocenters. The van der Waals surface area contributed by atoms with E-state index in [0.29, 0.717) is 23.7 Å². The van der Waals surface area contributed by atoms with Crippen LogP contribution in [0.2, 0.25) is 0 Å². The zero-order chi connectivity index (χ0) is 15.6. The molecule has 1 fully saturated rings. The number of aliphatic hydroxyl groups is 1. The van der Waals surface area contributed by atoms with Gasteiger partial charge < -0.3 is 5.11 Å². The van der Waals surface area contributed by atoms with Gasteiger partial charge in [0.15, 0.2) is 0 Å². The van der Waals surface area contributed by atoms with Crippen LogP contribution in [0, 0.1) is 23.7 Å². The van der Waals surface area contributed by atoms with E-state index in [1.807, 2.05) is 0 Å². The van der Waals surface area contributed by atoms with E-state index < -0.39 is 0 Å². The Morgan fingerprint density at radius 3 is 2.86 bits per heavy atom. The monoisotopic (exact) mass is 288 g/mol. The smallest absolute Gasteiger partial charge is 0.0642 e. The number of rotatable bonds is 4. The molecule has 0 saturated heterocycles. The lowest BCUT2D eigenvalue weighted by atomic mass is 9.76. The van der Waals surface area contributed by atoms with E-state index in [1.54, 1.807) is 0 Å². The van der Waals surface area contributed by atoms with Gasteiger partial charge in [0.25, 0.3) is 0 Å². The summed E-state index contributed by atoms with van der Waals surface area (Å²) in [7, 11) is 0. The summed E-state index contributed by atoms with van der Waals surface area (Å²) >= 11 is 0. The minimum Gasteiger partial charge on any atom is -0.392 e. The molecular weight excluding hydrogens is 256 g/mol. The lowest BCUT2D eigenvalue weighted by Gasteiger charge is -2.32. The average molecular weight is 288 g/mol. The van der Waals surface area contributed by atoms with E-state index in [9.17, 15) is 5.11 Å². The molecule has 1 N–H and O–H groups in total. The van der Waals surface area contributed by atoms with Crippen LogP contribution in [-0.4, -0.2) is 11.2 Å². The molecule has 1 heteroatoms. The Kier molecular flexibility index (Phi) is 5.48. The third-order valence-electron chi connectivity index (χ3n) is 5.69. The standard InChI is InChI=1S/C20H32O/c1-13(2)7-6-8-14(3)18-12-9-15(4)17-11-10-16(5)19(17)20(18)21/h7,10,14,17-21H,4,6,8-9,11-12H2,1-3,5H3/t14?,17?,18?,19?,20-/m1/s1. The number of hydrogen-bond donors (Lipinski definition) is 1. The summed E-state index contributed by atoms with van der Waals surface area (Å²) in [5.74, 6) is 1.82. The lowest BCUT2D eigenvalue weighted by molar-refractivity contribution is 0.0306. The van der Waals surface area contributed by atoms with E-state index in [2.05, 4.69) is 46.4 Å². The maximum absolute atomic E-state index is 11.0. The average Bonchev–Trinajstić information content (AvgIpc) is 2.74. The minimum atomic E-state index is -0.185. The molecule has 0 aromatic carbocycles. The molecule has 2 rings (SSSR count). The van der Waals surface area contributed by atoms with Gasteiger partial charge >= 0.3 is 0 Å². The SMILES string of the molecule is C=C1CCC(C(C)CCC=C(C)C)[C@@H](O)C2C(C)=CCC12. The molecule has 0 heterocycles. The molecule has 21 heavy (non-hydrogen) atoms. The predicted molar refractivity (Wildman–Crippen MR) is 91.1 cm³/mol. The third-order valence-corrected chi connectivity index (χ3v) is 5.69. The fraction of sp³-hybridized carbons (Fsp3) is 0.700. The Morgan fingerprint density at radius 1 is 1.48 bits per heavy atom. The second-order valence-corrected chi connectivity index (χ2v) is 7.50. The second kappa shape index (κ2) is 6.96. The lowest BCUT2D eigenvalue weighted by Crippen LogP contribution is -2.34. The molecule has 1 saturated carbocycles. The fourth-order valence-electron chi connectivity index (χ4n) is 4.29. The molecule has 1 nitrogen and oxygen atoms in total. The van der Waals surface area contributed by atoms with Crippen LogP contribution in [0.15, 0.2) is 35.5 Å². The van der Waals surface area contributed by atoms with Gasteiger partial charge in [-0.25, -0.2) is 0 Å². The summed E-state index contributed by atoms with van der Waals surface area (Å²) in [6.45, 7) is 13.1. The summed E-state index contributed by atoms with van der Waals surface area (Å²) in [6.07, 6.45) is 10.1. The van der Waals surface area contributed by atoms with E-state index in [1.165, 1.54) is 23.1 Å². The van der Waals surface area contributed by atoms with Crippen LogP contribution < -0.4 is 0 Å². The molecule has 0 bridgehead atoms. The van der Waals surface area contributed by atoms with E-state index in [-0.39, 0.29) is 6.10 Å². The first-order valence-corrected chi connectivity index (χ1v) is 8.57. The Bertz CT molecular complexity index is 439. The van der Waals surface area contributed by atoms with Crippen LogP contribution in [0.5, 0.6) is 0 Å². The second-order valence-electron chi connectivity index (χ2n) is 7.50. The van der Waals surface area contributed by atoms with Gasteiger partial charge in [0, 0.05) is 5.92 Å². The molecule has 5 atom stereocenters. The highest BCUT2D eigenvalue weighted by molar-refractivity contribution is 5.24. The maximum Gasteiger partial charge on any atom is 0.0642 e. The zero-order valence-electron chi connectivity index (χ0n) is 14.2. The molecule has 2 aliphatic carbocycles. The molecule has 0 radical (unpaired) electrons. The highest BCUT2D eigenvalue weighted by atomic mass is 16.3. The largest absolute Gasteiger partial charge is 0.392 e. The molecule has 0 aliphatic heterocycles. The number of fused-ring (bicyclic) bond motifs is 1. The van der Waals surface area contributed by atoms with Crippen LogP contribution >= 0.6 is 0 Å². The summed E-state index contributed by atoms with van der Waals surface area (Å²) in [6, 6.07) is 0. The van der Waals surface area contributed by atoms with Crippen LogP contribution in [-0.2, 0) is 0 Å². The molecule has 0 aromatic rings. The first kappa shape index (κ1) is 16.5. The van der Waals surface area contributed by atoms with E-state index in [0.717, 1.165) is 25.7 Å². The molecule has 0 aromatic heterocycles. The van der Waals surface area contributed by atoms with E-state index >= 15 is 0 Å².